The maximum atomic E-state index is 10.6. The Balaban J connectivity index is 1.87. The van der Waals surface area contributed by atoms with Crippen molar-refractivity contribution in [1.29, 1.82) is 0 Å². The smallest absolute Gasteiger partial charge is 0.119 e. The molecule has 1 fully saturated rings. The fourth-order valence-corrected chi connectivity index (χ4v) is 3.05. The van der Waals surface area contributed by atoms with Gasteiger partial charge < -0.3 is 9.84 Å². The number of likely N-dealkylation sites (N-methyl/N-ethyl adjacent to an activating group) is 1. The zero-order valence-electron chi connectivity index (χ0n) is 11.1. The predicted octanol–water partition coefficient (Wildman–Crippen LogP) is 2.14. The molecular formula is C15H21NO2. The number of benzene rings is 1. The fraction of sp³-hybridized carbons (Fsp3) is 0.600. The van der Waals surface area contributed by atoms with Gasteiger partial charge in [0, 0.05) is 12.1 Å². The lowest BCUT2D eigenvalue weighted by molar-refractivity contribution is 0.0458. The van der Waals surface area contributed by atoms with Gasteiger partial charge in [0.05, 0.1) is 13.2 Å². The van der Waals surface area contributed by atoms with E-state index in [1.807, 2.05) is 12.1 Å². The molecule has 1 aromatic carbocycles. The van der Waals surface area contributed by atoms with E-state index < -0.39 is 0 Å². The van der Waals surface area contributed by atoms with Crippen LogP contribution < -0.4 is 4.74 Å². The Morgan fingerprint density at radius 2 is 2.06 bits per heavy atom. The fourth-order valence-electron chi connectivity index (χ4n) is 3.05. The van der Waals surface area contributed by atoms with Crippen LogP contribution in [0.3, 0.4) is 0 Å². The molecule has 0 heterocycles. The minimum atomic E-state index is -0.380. The van der Waals surface area contributed by atoms with E-state index in [2.05, 4.69) is 18.0 Å². The highest BCUT2D eigenvalue weighted by atomic mass is 16.5. The lowest BCUT2D eigenvalue weighted by Crippen LogP contribution is -2.41. The summed E-state index contributed by atoms with van der Waals surface area (Å²) in [5, 5.41) is 10.6. The molecule has 1 N–H and O–H groups in total. The van der Waals surface area contributed by atoms with Crippen LogP contribution in [0.15, 0.2) is 18.2 Å². The lowest BCUT2D eigenvalue weighted by atomic mass is 9.85. The van der Waals surface area contributed by atoms with E-state index in [0.29, 0.717) is 6.04 Å². The summed E-state index contributed by atoms with van der Waals surface area (Å²) < 4.78 is 5.26. The monoisotopic (exact) mass is 247 g/mol. The van der Waals surface area contributed by atoms with Crippen LogP contribution in [0.2, 0.25) is 0 Å². The van der Waals surface area contributed by atoms with Gasteiger partial charge >= 0.3 is 0 Å². The highest BCUT2D eigenvalue weighted by Crippen LogP contribution is 2.38. The van der Waals surface area contributed by atoms with E-state index in [-0.39, 0.29) is 12.1 Å². The number of hydrogen-bond donors (Lipinski definition) is 1. The first-order chi connectivity index (χ1) is 8.70. The first-order valence-corrected chi connectivity index (χ1v) is 6.77. The third-order valence-corrected chi connectivity index (χ3v) is 4.39. The maximum absolute atomic E-state index is 10.6. The Hall–Kier alpha value is -1.06. The van der Waals surface area contributed by atoms with E-state index in [1.54, 1.807) is 7.11 Å². The summed E-state index contributed by atoms with van der Waals surface area (Å²) >= 11 is 0. The number of hydrogen-bond acceptors (Lipinski definition) is 3. The molecule has 0 bridgehead atoms. The Morgan fingerprint density at radius 1 is 1.28 bits per heavy atom. The molecule has 0 aliphatic heterocycles. The van der Waals surface area contributed by atoms with Crippen molar-refractivity contribution in [3.05, 3.63) is 29.3 Å². The van der Waals surface area contributed by atoms with Gasteiger partial charge in [-0.3, -0.25) is 4.90 Å². The number of rotatable bonds is 3. The molecule has 0 aromatic heterocycles. The van der Waals surface area contributed by atoms with Gasteiger partial charge in [-0.2, -0.15) is 0 Å². The second-order valence-corrected chi connectivity index (χ2v) is 5.51. The molecule has 1 saturated carbocycles. The van der Waals surface area contributed by atoms with Crippen molar-refractivity contribution in [2.24, 2.45) is 0 Å². The number of aliphatic hydroxyl groups is 1. The quantitative estimate of drug-likeness (QED) is 0.888. The lowest BCUT2D eigenvalue weighted by Gasteiger charge is -2.36. The minimum absolute atomic E-state index is 0.261. The molecule has 1 aromatic rings. The van der Waals surface area contributed by atoms with Crippen LogP contribution in [0.1, 0.15) is 36.5 Å². The molecule has 98 valence electrons. The molecule has 2 atom stereocenters. The van der Waals surface area contributed by atoms with Crippen molar-refractivity contribution in [3.63, 3.8) is 0 Å². The zero-order chi connectivity index (χ0) is 12.7. The van der Waals surface area contributed by atoms with Crippen LogP contribution in [0, 0.1) is 0 Å². The van der Waals surface area contributed by atoms with Crippen molar-refractivity contribution in [1.82, 2.24) is 4.90 Å². The van der Waals surface area contributed by atoms with Crippen LogP contribution in [0.5, 0.6) is 5.75 Å². The molecule has 2 aliphatic carbocycles. The van der Waals surface area contributed by atoms with Crippen molar-refractivity contribution in [3.8, 4) is 5.75 Å². The largest absolute Gasteiger partial charge is 0.497 e. The van der Waals surface area contributed by atoms with Crippen LogP contribution in [-0.2, 0) is 6.42 Å². The molecule has 2 unspecified atom stereocenters. The van der Waals surface area contributed by atoms with Crippen molar-refractivity contribution in [2.75, 3.05) is 14.2 Å². The highest BCUT2D eigenvalue weighted by molar-refractivity contribution is 5.39. The summed E-state index contributed by atoms with van der Waals surface area (Å²) in [5.41, 5.74) is 2.32. The first-order valence-electron chi connectivity index (χ1n) is 6.77. The summed E-state index contributed by atoms with van der Waals surface area (Å²) in [6.45, 7) is 0. The van der Waals surface area contributed by atoms with Crippen LogP contribution >= 0.6 is 0 Å². The summed E-state index contributed by atoms with van der Waals surface area (Å²) in [5.74, 6) is 0.836. The number of aliphatic hydroxyl groups excluding tert-OH is 1. The van der Waals surface area contributed by atoms with E-state index in [9.17, 15) is 5.11 Å². The molecule has 18 heavy (non-hydrogen) atoms. The van der Waals surface area contributed by atoms with E-state index >= 15 is 0 Å². The third kappa shape index (κ3) is 2.02. The zero-order valence-corrected chi connectivity index (χ0v) is 11.1. The van der Waals surface area contributed by atoms with Gasteiger partial charge in [-0.15, -0.1) is 0 Å². The molecule has 0 amide bonds. The highest BCUT2D eigenvalue weighted by Gasteiger charge is 2.37. The van der Waals surface area contributed by atoms with E-state index in [1.165, 1.54) is 18.4 Å². The number of aryl methyl sites for hydroxylation is 1. The van der Waals surface area contributed by atoms with Crippen LogP contribution in [0.4, 0.5) is 0 Å². The minimum Gasteiger partial charge on any atom is -0.497 e. The SMILES string of the molecule is COc1ccc2c(c1)C(O)C(N(C)C1CC1)CC2. The first kappa shape index (κ1) is 12.0. The van der Waals surface area contributed by atoms with Gasteiger partial charge in [0.15, 0.2) is 0 Å². The number of ether oxygens (including phenoxy) is 1. The molecule has 3 nitrogen and oxygen atoms in total. The number of nitrogens with zero attached hydrogens (tertiary/aromatic N) is 1. The van der Waals surface area contributed by atoms with Crippen molar-refractivity contribution >= 4 is 0 Å². The van der Waals surface area contributed by atoms with E-state index in [0.717, 1.165) is 24.2 Å². The topological polar surface area (TPSA) is 32.7 Å². The summed E-state index contributed by atoms with van der Waals surface area (Å²) in [4.78, 5) is 2.37. The average molecular weight is 247 g/mol. The number of methoxy groups -OCH3 is 1. The van der Waals surface area contributed by atoms with Crippen molar-refractivity contribution in [2.45, 2.75) is 43.9 Å². The maximum Gasteiger partial charge on any atom is 0.119 e. The van der Waals surface area contributed by atoms with Gasteiger partial charge in [0.2, 0.25) is 0 Å². The molecule has 0 saturated heterocycles. The second kappa shape index (κ2) is 4.56. The average Bonchev–Trinajstić information content (AvgIpc) is 3.22. The Labute approximate surface area is 108 Å². The van der Waals surface area contributed by atoms with Gasteiger partial charge in [0.1, 0.15) is 5.75 Å². The molecule has 3 heteroatoms. The molecule has 0 spiro atoms. The second-order valence-electron chi connectivity index (χ2n) is 5.51. The Morgan fingerprint density at radius 3 is 2.72 bits per heavy atom. The summed E-state index contributed by atoms with van der Waals surface area (Å²) in [6.07, 6.45) is 4.29. The summed E-state index contributed by atoms with van der Waals surface area (Å²) in [7, 11) is 3.82. The van der Waals surface area contributed by atoms with Gasteiger partial charge in [-0.1, -0.05) is 6.07 Å². The predicted molar refractivity (Wildman–Crippen MR) is 70.8 cm³/mol. The van der Waals surface area contributed by atoms with Crippen LogP contribution in [-0.4, -0.2) is 36.2 Å². The van der Waals surface area contributed by atoms with Gasteiger partial charge in [0.25, 0.3) is 0 Å². The molecular weight excluding hydrogens is 226 g/mol. The number of fused-ring (bicyclic) bond motifs is 1. The Bertz CT molecular complexity index is 442. The van der Waals surface area contributed by atoms with E-state index in [4.69, 9.17) is 4.74 Å². The molecule has 2 aliphatic rings. The third-order valence-electron chi connectivity index (χ3n) is 4.39. The molecule has 0 radical (unpaired) electrons. The summed E-state index contributed by atoms with van der Waals surface area (Å²) in [6, 6.07) is 7.02. The standard InChI is InChI=1S/C15H21NO2/c1-16(11-5-6-11)14-8-4-10-3-7-12(18-2)9-13(10)15(14)17/h3,7,9,11,14-15,17H,4-6,8H2,1-2H3. The van der Waals surface area contributed by atoms with Crippen molar-refractivity contribution < 1.29 is 9.84 Å². The normalized spacial score (nSPS) is 27.1. The Kier molecular flexibility index (Phi) is 3.04. The van der Waals surface area contributed by atoms with Gasteiger partial charge in [-0.05, 0) is 56.0 Å². The van der Waals surface area contributed by atoms with Crippen LogP contribution in [0.25, 0.3) is 0 Å². The van der Waals surface area contributed by atoms with Gasteiger partial charge in [-0.25, -0.2) is 0 Å². The molecule has 3 rings (SSSR count).